The van der Waals surface area contributed by atoms with Gasteiger partial charge < -0.3 is 10.6 Å². The lowest BCUT2D eigenvalue weighted by Crippen LogP contribution is -2.23. The van der Waals surface area contributed by atoms with Crippen LogP contribution in [0.1, 0.15) is 32.2 Å². The molecular formula is C22H19N5O2. The number of aryl methyl sites for hydroxylation is 1. The summed E-state index contributed by atoms with van der Waals surface area (Å²) in [6.45, 7) is 2.26. The van der Waals surface area contributed by atoms with Crippen molar-refractivity contribution in [2.24, 2.45) is 0 Å². The van der Waals surface area contributed by atoms with Gasteiger partial charge in [-0.1, -0.05) is 24.3 Å². The van der Waals surface area contributed by atoms with Gasteiger partial charge in [-0.05, 0) is 48.4 Å². The quantitative estimate of drug-likeness (QED) is 0.552. The van der Waals surface area contributed by atoms with Gasteiger partial charge >= 0.3 is 0 Å². The van der Waals surface area contributed by atoms with E-state index in [2.05, 4.69) is 20.6 Å². The van der Waals surface area contributed by atoms with E-state index in [1.807, 2.05) is 43.3 Å². The third kappa shape index (κ3) is 3.84. The molecule has 0 saturated carbocycles. The molecule has 4 rings (SSSR count). The molecule has 2 amide bonds. The van der Waals surface area contributed by atoms with Crippen molar-refractivity contribution in [3.05, 3.63) is 95.8 Å². The molecule has 2 N–H and O–H groups in total. The first-order valence-corrected chi connectivity index (χ1v) is 9.14. The molecule has 1 aromatic carbocycles. The van der Waals surface area contributed by atoms with Crippen molar-refractivity contribution in [1.29, 1.82) is 0 Å². The zero-order valence-corrected chi connectivity index (χ0v) is 15.8. The van der Waals surface area contributed by atoms with Crippen LogP contribution in [0, 0.1) is 6.92 Å². The Morgan fingerprint density at radius 1 is 0.966 bits per heavy atom. The largest absolute Gasteiger partial charge is 0.347 e. The maximum absolute atomic E-state index is 12.9. The highest BCUT2D eigenvalue weighted by Gasteiger charge is 2.21. The number of fused-ring (bicyclic) bond motifs is 1. The first kappa shape index (κ1) is 18.4. The van der Waals surface area contributed by atoms with Gasteiger partial charge in [-0.2, -0.15) is 0 Å². The summed E-state index contributed by atoms with van der Waals surface area (Å²) in [7, 11) is 0. The summed E-state index contributed by atoms with van der Waals surface area (Å²) in [6, 6.07) is 16.5. The summed E-state index contributed by atoms with van der Waals surface area (Å²) < 4.78 is 1.62. The van der Waals surface area contributed by atoms with E-state index in [1.165, 1.54) is 0 Å². The molecule has 3 aromatic heterocycles. The number of imidazole rings is 1. The van der Waals surface area contributed by atoms with Gasteiger partial charge in [-0.15, -0.1) is 0 Å². The highest BCUT2D eigenvalue weighted by Crippen LogP contribution is 2.17. The zero-order chi connectivity index (χ0) is 20.2. The Morgan fingerprint density at radius 2 is 1.72 bits per heavy atom. The monoisotopic (exact) mass is 385 g/mol. The van der Waals surface area contributed by atoms with Crippen LogP contribution in [0.25, 0.3) is 5.52 Å². The van der Waals surface area contributed by atoms with Gasteiger partial charge in [0.1, 0.15) is 0 Å². The molecule has 144 valence electrons. The number of hydrogen-bond acceptors (Lipinski definition) is 4. The fourth-order valence-corrected chi connectivity index (χ4v) is 3.02. The van der Waals surface area contributed by atoms with Crippen molar-refractivity contribution in [3.8, 4) is 0 Å². The van der Waals surface area contributed by atoms with Crippen molar-refractivity contribution in [2.75, 3.05) is 5.32 Å². The van der Waals surface area contributed by atoms with Gasteiger partial charge in [0.15, 0.2) is 5.69 Å². The predicted molar refractivity (Wildman–Crippen MR) is 110 cm³/mol. The average Bonchev–Trinajstić information content (AvgIpc) is 3.14. The van der Waals surface area contributed by atoms with Crippen LogP contribution >= 0.6 is 0 Å². The van der Waals surface area contributed by atoms with E-state index in [1.54, 1.807) is 41.2 Å². The molecular weight excluding hydrogens is 366 g/mol. The minimum atomic E-state index is -0.381. The summed E-state index contributed by atoms with van der Waals surface area (Å²) in [5, 5.41) is 5.71. The van der Waals surface area contributed by atoms with E-state index in [9.17, 15) is 9.59 Å². The van der Waals surface area contributed by atoms with E-state index in [-0.39, 0.29) is 23.3 Å². The van der Waals surface area contributed by atoms with Crippen molar-refractivity contribution in [1.82, 2.24) is 19.7 Å². The second-order valence-corrected chi connectivity index (χ2v) is 6.55. The number of benzene rings is 1. The van der Waals surface area contributed by atoms with Crippen LogP contribution in [-0.2, 0) is 6.54 Å². The Hall–Kier alpha value is -4.00. The molecule has 29 heavy (non-hydrogen) atoms. The van der Waals surface area contributed by atoms with Gasteiger partial charge in [0.2, 0.25) is 5.82 Å². The fraction of sp³-hybridized carbons (Fsp3) is 0.0909. The van der Waals surface area contributed by atoms with Crippen LogP contribution < -0.4 is 10.6 Å². The second-order valence-electron chi connectivity index (χ2n) is 6.55. The Labute approximate surface area is 167 Å². The molecule has 0 spiro atoms. The van der Waals surface area contributed by atoms with Crippen LogP contribution in [0.2, 0.25) is 0 Å². The molecule has 0 aliphatic rings. The lowest BCUT2D eigenvalue weighted by atomic mass is 10.2. The predicted octanol–water partition coefficient (Wildman–Crippen LogP) is 3.22. The molecule has 7 heteroatoms. The normalized spacial score (nSPS) is 10.7. The third-order valence-corrected chi connectivity index (χ3v) is 4.56. The van der Waals surface area contributed by atoms with E-state index in [0.29, 0.717) is 17.7 Å². The van der Waals surface area contributed by atoms with Gasteiger partial charge in [-0.25, -0.2) is 4.98 Å². The number of pyridine rings is 2. The van der Waals surface area contributed by atoms with E-state index < -0.39 is 0 Å². The number of aromatic nitrogens is 3. The summed E-state index contributed by atoms with van der Waals surface area (Å²) in [4.78, 5) is 33.9. The topological polar surface area (TPSA) is 88.4 Å². The minimum Gasteiger partial charge on any atom is -0.347 e. The highest BCUT2D eigenvalue weighted by atomic mass is 16.2. The molecule has 0 fully saturated rings. The number of amides is 2. The summed E-state index contributed by atoms with van der Waals surface area (Å²) in [6.07, 6.45) is 5.05. The Kier molecular flexibility index (Phi) is 5.03. The standard InChI is InChI=1S/C22H19N5O2/c1-15-6-2-3-7-17(15)25-22(29)20-26-19(18-8-4-5-13-27(18)20)21(28)24-14-16-9-11-23-12-10-16/h2-13H,14H2,1H3,(H,24,28)(H,25,29). The maximum atomic E-state index is 12.9. The number of nitrogens with zero attached hydrogens (tertiary/aromatic N) is 3. The van der Waals surface area contributed by atoms with Crippen LogP contribution in [0.5, 0.6) is 0 Å². The third-order valence-electron chi connectivity index (χ3n) is 4.56. The molecule has 3 heterocycles. The molecule has 0 aliphatic heterocycles. The van der Waals surface area contributed by atoms with Crippen LogP contribution in [0.4, 0.5) is 5.69 Å². The van der Waals surface area contributed by atoms with Gasteiger partial charge in [0, 0.05) is 30.8 Å². The molecule has 0 aliphatic carbocycles. The van der Waals surface area contributed by atoms with Crippen molar-refractivity contribution < 1.29 is 9.59 Å². The van der Waals surface area contributed by atoms with E-state index in [0.717, 1.165) is 11.1 Å². The maximum Gasteiger partial charge on any atom is 0.292 e. The number of rotatable bonds is 5. The molecule has 7 nitrogen and oxygen atoms in total. The SMILES string of the molecule is Cc1ccccc1NC(=O)c1nc(C(=O)NCc2ccncc2)c2ccccn12. The van der Waals surface area contributed by atoms with Crippen LogP contribution in [0.3, 0.4) is 0 Å². The Morgan fingerprint density at radius 3 is 2.52 bits per heavy atom. The first-order valence-electron chi connectivity index (χ1n) is 9.14. The van der Waals surface area contributed by atoms with Gasteiger partial charge in [-0.3, -0.25) is 19.0 Å². The Bertz CT molecular complexity index is 1180. The number of para-hydroxylation sites is 1. The lowest BCUT2D eigenvalue weighted by molar-refractivity contribution is 0.0948. The summed E-state index contributed by atoms with van der Waals surface area (Å²) >= 11 is 0. The van der Waals surface area contributed by atoms with Crippen LogP contribution in [-0.4, -0.2) is 26.2 Å². The lowest BCUT2D eigenvalue weighted by Gasteiger charge is -2.07. The average molecular weight is 385 g/mol. The minimum absolute atomic E-state index is 0.151. The molecule has 0 saturated heterocycles. The van der Waals surface area contributed by atoms with Crippen molar-refractivity contribution >= 4 is 23.0 Å². The fourth-order valence-electron chi connectivity index (χ4n) is 3.02. The number of carbonyl (C=O) groups excluding carboxylic acids is 2. The van der Waals surface area contributed by atoms with Crippen LogP contribution in [0.15, 0.2) is 73.2 Å². The van der Waals surface area contributed by atoms with Crippen molar-refractivity contribution in [3.63, 3.8) is 0 Å². The summed E-state index contributed by atoms with van der Waals surface area (Å²) in [5.41, 5.74) is 3.34. The molecule has 0 radical (unpaired) electrons. The first-order chi connectivity index (χ1) is 14.1. The highest BCUT2D eigenvalue weighted by molar-refractivity contribution is 6.06. The number of nitrogens with one attached hydrogen (secondary N) is 2. The molecule has 0 unspecified atom stereocenters. The van der Waals surface area contributed by atoms with E-state index >= 15 is 0 Å². The van der Waals surface area contributed by atoms with Crippen molar-refractivity contribution in [2.45, 2.75) is 13.5 Å². The second kappa shape index (κ2) is 7.93. The zero-order valence-electron chi connectivity index (χ0n) is 15.8. The Balaban J connectivity index is 1.62. The number of carbonyl (C=O) groups is 2. The number of hydrogen-bond donors (Lipinski definition) is 2. The smallest absolute Gasteiger partial charge is 0.292 e. The van der Waals surface area contributed by atoms with E-state index in [4.69, 9.17) is 0 Å². The molecule has 0 atom stereocenters. The molecule has 4 aromatic rings. The molecule has 0 bridgehead atoms. The summed E-state index contributed by atoms with van der Waals surface area (Å²) in [5.74, 6) is -0.577. The number of anilines is 1. The van der Waals surface area contributed by atoms with Gasteiger partial charge in [0.25, 0.3) is 11.8 Å². The van der Waals surface area contributed by atoms with Gasteiger partial charge in [0.05, 0.1) is 5.52 Å².